The number of benzene rings is 1. The molecule has 314 valence electrons. The first-order chi connectivity index (χ1) is 31.0. The van der Waals surface area contributed by atoms with Crippen LogP contribution in [0.4, 0.5) is 47.1 Å². The van der Waals surface area contributed by atoms with E-state index in [9.17, 15) is 19.8 Å². The van der Waals surface area contributed by atoms with Crippen molar-refractivity contribution in [2.75, 3.05) is 57.3 Å². The van der Waals surface area contributed by atoms with Crippen LogP contribution in [0.25, 0.3) is 11.9 Å². The van der Waals surface area contributed by atoms with Crippen LogP contribution in [-0.4, -0.2) is 107 Å². The molecule has 10 N–H and O–H groups in total. The van der Waals surface area contributed by atoms with Crippen molar-refractivity contribution >= 4 is 106 Å². The second kappa shape index (κ2) is 19.8. The Kier molecular flexibility index (Phi) is 12.8. The maximum atomic E-state index is 11.4. The number of rotatable bonds is 20. The average molecular weight is 920 g/mol. The number of carboxylic acid groups (broad SMARTS) is 2. The van der Waals surface area contributed by atoms with Crippen molar-refractivity contribution in [2.24, 2.45) is 0 Å². The number of hydrogen-bond acceptors (Lipinski definition) is 22. The lowest BCUT2D eigenvalue weighted by Gasteiger charge is -2.10. The van der Waals surface area contributed by atoms with Crippen LogP contribution < -0.4 is 41.9 Å². The fourth-order valence-corrected chi connectivity index (χ4v) is 6.67. The van der Waals surface area contributed by atoms with E-state index in [0.29, 0.717) is 46.3 Å². The number of carboxylic acids is 2. The molecule has 6 heterocycles. The molecular formula is C34H30Cl2N20O4S2+2. The second-order valence-electron chi connectivity index (χ2n) is 12.0. The molecular weight excluding hydrogens is 888 g/mol. The van der Waals surface area contributed by atoms with E-state index in [1.54, 1.807) is 48.8 Å². The maximum Gasteiger partial charge on any atom is 0.443 e. The number of aromatic carboxylic acids is 2. The van der Waals surface area contributed by atoms with Gasteiger partial charge in [0.2, 0.25) is 34.4 Å². The van der Waals surface area contributed by atoms with Crippen LogP contribution in [0, 0.1) is 0 Å². The smallest absolute Gasteiger partial charge is 0.443 e. The zero-order valence-electron chi connectivity index (χ0n) is 33.3. The number of carbonyl (C=O) groups is 2. The molecule has 0 aliphatic carbocycles. The molecule has 0 saturated carbocycles. The summed E-state index contributed by atoms with van der Waals surface area (Å²) in [5.41, 5.74) is 5.62. The van der Waals surface area contributed by atoms with Gasteiger partial charge >= 0.3 is 35.7 Å². The van der Waals surface area contributed by atoms with E-state index in [1.807, 2.05) is 0 Å². The zero-order valence-corrected chi connectivity index (χ0v) is 34.4. The molecule has 0 amide bonds. The van der Waals surface area contributed by atoms with E-state index in [4.69, 9.17) is 26.0 Å². The Morgan fingerprint density at radius 1 is 0.597 bits per heavy atom. The fraction of sp³-hybridized carbons (Fsp3) is 0.118. The largest absolute Gasteiger partial charge is 0.478 e. The highest BCUT2D eigenvalue weighted by molar-refractivity contribution is 7.99. The molecule has 6 aromatic heterocycles. The minimum Gasteiger partial charge on any atom is -0.478 e. The molecule has 0 unspecified atom stereocenters. The quantitative estimate of drug-likeness (QED) is 0.0309. The van der Waals surface area contributed by atoms with Gasteiger partial charge in [-0.2, -0.15) is 39.9 Å². The topological polar surface area (TPSA) is 337 Å². The molecule has 0 saturated heterocycles. The lowest BCUT2D eigenvalue weighted by Crippen LogP contribution is -2.34. The van der Waals surface area contributed by atoms with Gasteiger partial charge in [0.1, 0.15) is 0 Å². The van der Waals surface area contributed by atoms with Crippen LogP contribution in [0.1, 0.15) is 20.7 Å². The van der Waals surface area contributed by atoms with Crippen LogP contribution in [0.2, 0.25) is 13.4 Å². The van der Waals surface area contributed by atoms with Gasteiger partial charge in [0.25, 0.3) is 10.3 Å². The molecule has 0 bridgehead atoms. The van der Waals surface area contributed by atoms with Crippen LogP contribution >= 0.6 is 46.7 Å². The van der Waals surface area contributed by atoms with Crippen molar-refractivity contribution in [1.29, 1.82) is 0 Å². The lowest BCUT2D eigenvalue weighted by atomic mass is 10.3. The van der Waals surface area contributed by atoms with Gasteiger partial charge < -0.3 is 42.9 Å². The third-order valence-corrected chi connectivity index (χ3v) is 9.65. The van der Waals surface area contributed by atoms with Gasteiger partial charge in [-0.05, 0) is 91.7 Å². The van der Waals surface area contributed by atoms with Crippen LogP contribution in [0.15, 0.2) is 83.6 Å². The summed E-state index contributed by atoms with van der Waals surface area (Å²) >= 11 is 14.9. The van der Waals surface area contributed by atoms with Crippen molar-refractivity contribution in [3.05, 3.63) is 95.0 Å². The molecule has 1 aromatic carbocycles. The highest BCUT2D eigenvalue weighted by atomic mass is 35.5. The molecule has 0 radical (unpaired) electrons. The van der Waals surface area contributed by atoms with Crippen LogP contribution in [0.5, 0.6) is 0 Å². The number of pyridine rings is 2. The molecule has 0 aliphatic heterocycles. The van der Waals surface area contributed by atoms with Gasteiger partial charge in [-0.15, -0.1) is 0 Å². The van der Waals surface area contributed by atoms with Crippen LogP contribution in [0.3, 0.4) is 0 Å². The van der Waals surface area contributed by atoms with E-state index in [2.05, 4.69) is 92.5 Å². The van der Waals surface area contributed by atoms with Gasteiger partial charge in [0, 0.05) is 36.0 Å². The summed E-state index contributed by atoms with van der Waals surface area (Å²) in [6.45, 7) is 0.714. The number of nitrogens with zero attached hydrogens (tertiary/aromatic N) is 14. The van der Waals surface area contributed by atoms with Crippen LogP contribution in [-0.2, 0) is 0 Å². The van der Waals surface area contributed by atoms with E-state index >= 15 is 0 Å². The Labute approximate surface area is 370 Å². The number of aromatic nitrogens is 14. The maximum absolute atomic E-state index is 11.4. The normalized spacial score (nSPS) is 11.2. The molecule has 7 aromatic rings. The number of halogens is 2. The SMILES string of the molecule is [2H]Nc1nc(SCCNc2nc(Cl)nc(Nc3ccc(Nc4nc(Cl)nc(NCCSc5nc(N[2H])nc(-[n+]6cccc(C(=O)O)c6)n5)n4)cc3)n2)nc(-[n+]2cccc(C(=O)O)c2)n1. The van der Waals surface area contributed by atoms with E-state index in [-0.39, 0.29) is 69.3 Å². The van der Waals surface area contributed by atoms with Gasteiger partial charge in [0.05, 0.1) is 35.9 Å². The van der Waals surface area contributed by atoms with Gasteiger partial charge in [-0.25, -0.2) is 18.7 Å². The minimum absolute atomic E-state index is 0.0174. The molecule has 62 heavy (non-hydrogen) atoms. The van der Waals surface area contributed by atoms with Crippen molar-refractivity contribution in [3.8, 4) is 11.9 Å². The summed E-state index contributed by atoms with van der Waals surface area (Å²) in [7, 11) is 0. The van der Waals surface area contributed by atoms with E-state index in [0.717, 1.165) is 0 Å². The Bertz CT molecular complexity index is 2620. The standard InChI is InChI=1S/C34H28Cl2N20O4S2/c35-23-43-27(39-9-13-61-33-49-25(37)47-31(53-33)55-11-1-3-17(15-55)21(57)58)51-29(45-23)41-19-5-7-20(8-6-19)42-30-46-24(36)44-28(52-30)40-10-14-62-34-50-26(38)48-32(54-34)56-12-2-4-18(16-56)22(59)60/h1-8,11-12,15-16H,9-10,13-14H2,(H8-2,37,38,39,40,41,42,43,44,45,46,47,48,49,50,51,52,53,54,57,58,59,60)/p+2/i/hD2. The zero-order chi connectivity index (χ0) is 45.0. The number of nitrogen functional groups attached to an aromatic ring is 2. The summed E-state index contributed by atoms with van der Waals surface area (Å²) < 4.78 is 17.9. The van der Waals surface area contributed by atoms with Crippen molar-refractivity contribution in [2.45, 2.75) is 10.3 Å². The van der Waals surface area contributed by atoms with E-state index < -0.39 is 11.9 Å². The van der Waals surface area contributed by atoms with Gasteiger partial charge in [0.15, 0.2) is 2.82 Å². The van der Waals surface area contributed by atoms with Crippen molar-refractivity contribution in [1.82, 2.24) is 59.8 Å². The number of anilines is 8. The first kappa shape index (κ1) is 40.0. The summed E-state index contributed by atoms with van der Waals surface area (Å²) in [6.07, 6.45) is 5.89. The average Bonchev–Trinajstić information content (AvgIpc) is 3.29. The van der Waals surface area contributed by atoms with Crippen molar-refractivity contribution in [3.63, 3.8) is 0 Å². The Morgan fingerprint density at radius 3 is 1.42 bits per heavy atom. The molecule has 24 nitrogen and oxygen atoms in total. The highest BCUT2D eigenvalue weighted by Crippen LogP contribution is 2.22. The second-order valence-corrected chi connectivity index (χ2v) is 14.8. The summed E-state index contributed by atoms with van der Waals surface area (Å²) in [5, 5.41) is 31.5. The minimum atomic E-state index is -1.11. The fourth-order valence-electron chi connectivity index (χ4n) is 4.98. The number of nitrogens with two attached hydrogens (primary N) is 2. The molecule has 0 atom stereocenters. The summed E-state index contributed by atoms with van der Waals surface area (Å²) in [4.78, 5) is 73.7. The number of thioether (sulfide) groups is 2. The number of nitrogens with one attached hydrogen (secondary N) is 4. The summed E-state index contributed by atoms with van der Waals surface area (Å²) in [6, 6.07) is 13.0. The van der Waals surface area contributed by atoms with Gasteiger partial charge in [-0.3, -0.25) is 0 Å². The third-order valence-electron chi connectivity index (χ3n) is 7.61. The predicted molar refractivity (Wildman–Crippen MR) is 227 cm³/mol. The number of hydrogen-bond donors (Lipinski definition) is 8. The highest BCUT2D eigenvalue weighted by Gasteiger charge is 2.20. The van der Waals surface area contributed by atoms with E-state index in [1.165, 1.54) is 57.2 Å². The first-order valence-corrected chi connectivity index (χ1v) is 20.3. The first-order valence-electron chi connectivity index (χ1n) is 18.6. The Hall–Kier alpha value is -7.42. The van der Waals surface area contributed by atoms with Gasteiger partial charge in [-0.1, -0.05) is 23.5 Å². The molecule has 0 aliphatic rings. The monoisotopic (exact) mass is 918 g/mol. The Balaban J connectivity index is 0.899. The molecule has 28 heteroatoms. The van der Waals surface area contributed by atoms with Crippen molar-refractivity contribution < 1.29 is 31.8 Å². The third kappa shape index (κ3) is 11.9. The predicted octanol–water partition coefficient (Wildman–Crippen LogP) is 2.74. The molecule has 7 rings (SSSR count). The lowest BCUT2D eigenvalue weighted by molar-refractivity contribution is -0.604. The molecule has 0 fully saturated rings. The molecule has 0 spiro atoms. The summed E-state index contributed by atoms with van der Waals surface area (Å²) in [5.74, 6) is -0.345. The Morgan fingerprint density at radius 2 is 1.02 bits per heavy atom.